The number of carbonyl (C=O) groups is 1. The lowest BCUT2D eigenvalue weighted by atomic mass is 10.00. The Bertz CT molecular complexity index is 418. The zero-order valence-electron chi connectivity index (χ0n) is 11.4. The van der Waals surface area contributed by atoms with Crippen LogP contribution >= 0.6 is 0 Å². The van der Waals surface area contributed by atoms with Crippen molar-refractivity contribution in [2.75, 3.05) is 11.1 Å². The first-order valence-electron chi connectivity index (χ1n) is 6.39. The van der Waals surface area contributed by atoms with Crippen molar-refractivity contribution in [3.05, 3.63) is 23.8 Å². The number of carbonyl (C=O) groups excluding carboxylic acids is 1. The summed E-state index contributed by atoms with van der Waals surface area (Å²) in [6.07, 6.45) is 2.26. The predicted octanol–water partition coefficient (Wildman–Crippen LogP) is 2.60. The maximum atomic E-state index is 11.0. The van der Waals surface area contributed by atoms with E-state index < -0.39 is 5.91 Å². The second-order valence-electron chi connectivity index (χ2n) is 4.96. The number of anilines is 2. The van der Waals surface area contributed by atoms with Gasteiger partial charge in [-0.1, -0.05) is 20.3 Å². The molecule has 18 heavy (non-hydrogen) atoms. The molecule has 0 aromatic heterocycles. The van der Waals surface area contributed by atoms with Gasteiger partial charge in [0.15, 0.2) is 0 Å². The van der Waals surface area contributed by atoms with Crippen molar-refractivity contribution in [1.82, 2.24) is 0 Å². The first-order valence-corrected chi connectivity index (χ1v) is 6.39. The number of nitrogen functional groups attached to an aromatic ring is 1. The zero-order chi connectivity index (χ0) is 13.7. The Morgan fingerprint density at radius 1 is 1.39 bits per heavy atom. The zero-order valence-corrected chi connectivity index (χ0v) is 11.4. The van der Waals surface area contributed by atoms with Crippen molar-refractivity contribution < 1.29 is 4.79 Å². The van der Waals surface area contributed by atoms with Crippen molar-refractivity contribution in [2.45, 2.75) is 39.7 Å². The Balaban J connectivity index is 2.70. The van der Waals surface area contributed by atoms with Gasteiger partial charge in [0, 0.05) is 11.6 Å². The smallest absolute Gasteiger partial charge is 0.248 e. The van der Waals surface area contributed by atoms with Crippen LogP contribution in [0.3, 0.4) is 0 Å². The van der Waals surface area contributed by atoms with Gasteiger partial charge in [-0.25, -0.2) is 0 Å². The number of rotatable bonds is 6. The minimum Gasteiger partial charge on any atom is -0.397 e. The summed E-state index contributed by atoms with van der Waals surface area (Å²) >= 11 is 0. The van der Waals surface area contributed by atoms with Crippen LogP contribution in [0.25, 0.3) is 0 Å². The molecule has 0 fully saturated rings. The van der Waals surface area contributed by atoms with Crippen LogP contribution in [0.15, 0.2) is 18.2 Å². The quantitative estimate of drug-likeness (QED) is 0.678. The summed E-state index contributed by atoms with van der Waals surface area (Å²) in [6.45, 7) is 6.55. The summed E-state index contributed by atoms with van der Waals surface area (Å²) in [5.41, 5.74) is 13.0. The average Bonchev–Trinajstić information content (AvgIpc) is 2.31. The van der Waals surface area contributed by atoms with Crippen LogP contribution in [-0.4, -0.2) is 11.9 Å². The topological polar surface area (TPSA) is 81.1 Å². The molecule has 100 valence electrons. The number of amides is 1. The minimum absolute atomic E-state index is 0.349. The summed E-state index contributed by atoms with van der Waals surface area (Å²) in [5, 5.41) is 3.36. The average molecular weight is 249 g/mol. The van der Waals surface area contributed by atoms with E-state index in [1.54, 1.807) is 12.1 Å². The molecule has 2 atom stereocenters. The Kier molecular flexibility index (Phi) is 5.01. The largest absolute Gasteiger partial charge is 0.397 e. The first-order chi connectivity index (χ1) is 8.43. The highest BCUT2D eigenvalue weighted by atomic mass is 16.1. The molecular formula is C14H23N3O. The minimum atomic E-state index is -0.457. The molecular weight excluding hydrogens is 226 g/mol. The third kappa shape index (κ3) is 3.95. The second kappa shape index (κ2) is 6.28. The number of hydrogen-bond acceptors (Lipinski definition) is 3. The molecule has 2 unspecified atom stereocenters. The van der Waals surface area contributed by atoms with Gasteiger partial charge >= 0.3 is 0 Å². The number of primary amides is 1. The van der Waals surface area contributed by atoms with Gasteiger partial charge in [0.25, 0.3) is 0 Å². The van der Waals surface area contributed by atoms with Crippen LogP contribution < -0.4 is 16.8 Å². The van der Waals surface area contributed by atoms with E-state index in [9.17, 15) is 4.79 Å². The number of hydrogen-bond donors (Lipinski definition) is 3. The fourth-order valence-corrected chi connectivity index (χ4v) is 1.94. The molecule has 1 aromatic rings. The van der Waals surface area contributed by atoms with E-state index in [2.05, 4.69) is 26.1 Å². The molecule has 4 nitrogen and oxygen atoms in total. The number of nitrogens with two attached hydrogens (primary N) is 2. The van der Waals surface area contributed by atoms with Crippen molar-refractivity contribution in [1.29, 1.82) is 0 Å². The molecule has 5 N–H and O–H groups in total. The van der Waals surface area contributed by atoms with E-state index >= 15 is 0 Å². The molecule has 0 saturated heterocycles. The molecule has 4 heteroatoms. The molecule has 1 rings (SSSR count). The third-order valence-corrected chi connectivity index (χ3v) is 3.19. The van der Waals surface area contributed by atoms with Crippen molar-refractivity contribution in [3.63, 3.8) is 0 Å². The Morgan fingerprint density at radius 2 is 2.06 bits per heavy atom. The molecule has 0 bridgehead atoms. The molecule has 1 amide bonds. The summed E-state index contributed by atoms with van der Waals surface area (Å²) in [7, 11) is 0. The van der Waals surface area contributed by atoms with Gasteiger partial charge in [0.2, 0.25) is 5.91 Å². The van der Waals surface area contributed by atoms with E-state index in [0.717, 1.165) is 12.1 Å². The van der Waals surface area contributed by atoms with Crippen LogP contribution in [0, 0.1) is 5.92 Å². The Morgan fingerprint density at radius 3 is 2.56 bits per heavy atom. The van der Waals surface area contributed by atoms with Crippen molar-refractivity contribution >= 4 is 17.3 Å². The molecule has 0 heterocycles. The SMILES string of the molecule is CCC(C)CC(C)Nc1ccc(C(N)=O)cc1N. The summed E-state index contributed by atoms with van der Waals surface area (Å²) < 4.78 is 0. The fourth-order valence-electron chi connectivity index (χ4n) is 1.94. The summed E-state index contributed by atoms with van der Waals surface area (Å²) in [6, 6.07) is 5.46. The van der Waals surface area contributed by atoms with Crippen LogP contribution in [-0.2, 0) is 0 Å². The number of benzene rings is 1. The van der Waals surface area contributed by atoms with Gasteiger partial charge in [0.05, 0.1) is 11.4 Å². The number of nitrogens with one attached hydrogen (secondary N) is 1. The standard InChI is InChI=1S/C14H23N3O/c1-4-9(2)7-10(3)17-13-6-5-11(14(16)18)8-12(13)15/h5-6,8-10,17H,4,7,15H2,1-3H3,(H2,16,18). The second-order valence-corrected chi connectivity index (χ2v) is 4.96. The van der Waals surface area contributed by atoms with Gasteiger partial charge in [-0.05, 0) is 37.5 Å². The molecule has 0 radical (unpaired) electrons. The lowest BCUT2D eigenvalue weighted by molar-refractivity contribution is 0.100. The fraction of sp³-hybridized carbons (Fsp3) is 0.500. The molecule has 1 aromatic carbocycles. The molecule has 0 aliphatic carbocycles. The molecule has 0 saturated carbocycles. The maximum Gasteiger partial charge on any atom is 0.248 e. The Hall–Kier alpha value is -1.71. The predicted molar refractivity (Wildman–Crippen MR) is 76.5 cm³/mol. The third-order valence-electron chi connectivity index (χ3n) is 3.19. The summed E-state index contributed by atoms with van der Waals surface area (Å²) in [4.78, 5) is 11.0. The first kappa shape index (κ1) is 14.4. The van der Waals surface area contributed by atoms with Gasteiger partial charge in [0.1, 0.15) is 0 Å². The van der Waals surface area contributed by atoms with Gasteiger partial charge < -0.3 is 16.8 Å². The van der Waals surface area contributed by atoms with Crippen LogP contribution in [0.1, 0.15) is 44.0 Å². The van der Waals surface area contributed by atoms with Crippen LogP contribution in [0.2, 0.25) is 0 Å². The van der Waals surface area contributed by atoms with E-state index in [0.29, 0.717) is 23.2 Å². The van der Waals surface area contributed by atoms with Gasteiger partial charge in [-0.15, -0.1) is 0 Å². The van der Waals surface area contributed by atoms with E-state index in [1.807, 2.05) is 6.07 Å². The lowest BCUT2D eigenvalue weighted by Gasteiger charge is -2.20. The van der Waals surface area contributed by atoms with E-state index in [4.69, 9.17) is 11.5 Å². The summed E-state index contributed by atoms with van der Waals surface area (Å²) in [5.74, 6) is 0.222. The van der Waals surface area contributed by atoms with E-state index in [-0.39, 0.29) is 0 Å². The molecule has 0 aliphatic rings. The van der Waals surface area contributed by atoms with Gasteiger partial charge in [-0.3, -0.25) is 4.79 Å². The van der Waals surface area contributed by atoms with Crippen LogP contribution in [0.5, 0.6) is 0 Å². The molecule has 0 spiro atoms. The van der Waals surface area contributed by atoms with Crippen molar-refractivity contribution in [3.8, 4) is 0 Å². The maximum absolute atomic E-state index is 11.0. The monoisotopic (exact) mass is 249 g/mol. The van der Waals surface area contributed by atoms with Gasteiger partial charge in [-0.2, -0.15) is 0 Å². The Labute approximate surface area is 109 Å². The highest BCUT2D eigenvalue weighted by Gasteiger charge is 2.10. The van der Waals surface area contributed by atoms with Crippen LogP contribution in [0.4, 0.5) is 11.4 Å². The highest BCUT2D eigenvalue weighted by molar-refractivity contribution is 5.94. The molecule has 0 aliphatic heterocycles. The highest BCUT2D eigenvalue weighted by Crippen LogP contribution is 2.22. The van der Waals surface area contributed by atoms with Crippen molar-refractivity contribution in [2.24, 2.45) is 11.7 Å². The lowest BCUT2D eigenvalue weighted by Crippen LogP contribution is -2.19. The normalized spacial score (nSPS) is 13.9. The van der Waals surface area contributed by atoms with E-state index in [1.165, 1.54) is 6.42 Å².